The second-order valence-electron chi connectivity index (χ2n) is 5.60. The third-order valence-electron chi connectivity index (χ3n) is 2.88. The minimum Gasteiger partial charge on any atom is -0.447 e. The molecule has 5 nitrogen and oxygen atoms in total. The Morgan fingerprint density at radius 3 is 2.47 bits per heavy atom. The van der Waals surface area contributed by atoms with Crippen LogP contribution < -0.4 is 10.0 Å². The third kappa shape index (κ3) is 4.97. The first-order valence-corrected chi connectivity index (χ1v) is 8.00. The normalized spacial score (nSPS) is 13.2. The molecule has 6 heteroatoms. The highest BCUT2D eigenvalue weighted by Crippen LogP contribution is 2.18. The topological polar surface area (TPSA) is 71.3 Å². The molecule has 0 aromatic carbocycles. The summed E-state index contributed by atoms with van der Waals surface area (Å²) in [5.74, 6) is 0.614. The van der Waals surface area contributed by atoms with Crippen LogP contribution in [0.1, 0.15) is 46.8 Å². The molecule has 0 radical (unpaired) electrons. The van der Waals surface area contributed by atoms with Crippen LogP contribution in [0.15, 0.2) is 21.6 Å². The summed E-state index contributed by atoms with van der Waals surface area (Å²) in [4.78, 5) is 0. The van der Waals surface area contributed by atoms with E-state index in [0.29, 0.717) is 24.8 Å². The first kappa shape index (κ1) is 16.2. The Kier molecular flexibility index (Phi) is 5.18. The number of nitrogens with one attached hydrogen (secondary N) is 2. The van der Waals surface area contributed by atoms with E-state index in [4.69, 9.17) is 4.42 Å². The van der Waals surface area contributed by atoms with E-state index in [1.54, 1.807) is 6.07 Å². The predicted molar refractivity (Wildman–Crippen MR) is 75.4 cm³/mol. The maximum Gasteiger partial charge on any atom is 0.274 e. The van der Waals surface area contributed by atoms with Crippen molar-refractivity contribution < 1.29 is 12.8 Å². The van der Waals surface area contributed by atoms with Gasteiger partial charge in [0, 0.05) is 11.6 Å². The zero-order valence-electron chi connectivity index (χ0n) is 12.3. The van der Waals surface area contributed by atoms with E-state index < -0.39 is 15.6 Å². The molecule has 1 aromatic heterocycles. The zero-order chi connectivity index (χ0) is 14.7. The Hall–Kier alpha value is -0.850. The number of rotatable bonds is 7. The van der Waals surface area contributed by atoms with Gasteiger partial charge in [0.1, 0.15) is 5.76 Å². The van der Waals surface area contributed by atoms with Crippen LogP contribution in [0.3, 0.4) is 0 Å². The second kappa shape index (κ2) is 6.07. The standard InChI is InChI=1S/C13H24N2O3S/c1-6-13(4,5)15-19(16,17)12-8-7-11(18-12)9-14-10(2)3/h7-8,10,14-15H,6,9H2,1-5H3. The van der Waals surface area contributed by atoms with Gasteiger partial charge in [-0.1, -0.05) is 20.8 Å². The molecule has 0 saturated carbocycles. The van der Waals surface area contributed by atoms with E-state index in [1.165, 1.54) is 6.07 Å². The maximum atomic E-state index is 12.1. The lowest BCUT2D eigenvalue weighted by Gasteiger charge is -2.23. The summed E-state index contributed by atoms with van der Waals surface area (Å²) >= 11 is 0. The Morgan fingerprint density at radius 2 is 1.95 bits per heavy atom. The van der Waals surface area contributed by atoms with Crippen molar-refractivity contribution in [3.8, 4) is 0 Å². The number of sulfonamides is 1. The minimum atomic E-state index is -3.59. The average molecular weight is 288 g/mol. The van der Waals surface area contributed by atoms with Gasteiger partial charge in [0.05, 0.1) is 6.54 Å². The first-order chi connectivity index (χ1) is 8.66. The minimum absolute atomic E-state index is 0.0328. The smallest absolute Gasteiger partial charge is 0.274 e. The summed E-state index contributed by atoms with van der Waals surface area (Å²) in [5, 5.41) is 3.14. The molecule has 1 heterocycles. The SMILES string of the molecule is CCC(C)(C)NS(=O)(=O)c1ccc(CNC(C)C)o1. The molecule has 0 aliphatic carbocycles. The molecule has 0 aliphatic rings. The summed E-state index contributed by atoms with van der Waals surface area (Å²) in [6.45, 7) is 10.2. The molecule has 1 rings (SSSR count). The van der Waals surface area contributed by atoms with Crippen LogP contribution in [0.2, 0.25) is 0 Å². The van der Waals surface area contributed by atoms with E-state index >= 15 is 0 Å². The summed E-state index contributed by atoms with van der Waals surface area (Å²) < 4.78 is 32.3. The second-order valence-corrected chi connectivity index (χ2v) is 7.21. The highest BCUT2D eigenvalue weighted by atomic mass is 32.2. The molecular formula is C13H24N2O3S. The van der Waals surface area contributed by atoms with Crippen LogP contribution in [0.4, 0.5) is 0 Å². The van der Waals surface area contributed by atoms with Gasteiger partial charge in [-0.15, -0.1) is 0 Å². The number of hydrogen-bond donors (Lipinski definition) is 2. The lowest BCUT2D eigenvalue weighted by molar-refractivity contribution is 0.381. The van der Waals surface area contributed by atoms with E-state index in [1.807, 2.05) is 34.6 Å². The molecular weight excluding hydrogens is 264 g/mol. The van der Waals surface area contributed by atoms with Crippen molar-refractivity contribution in [1.82, 2.24) is 10.0 Å². The van der Waals surface area contributed by atoms with Crippen molar-refractivity contribution >= 4 is 10.0 Å². The molecule has 19 heavy (non-hydrogen) atoms. The molecule has 0 aliphatic heterocycles. The molecule has 0 fully saturated rings. The van der Waals surface area contributed by atoms with Gasteiger partial charge in [0.2, 0.25) is 5.09 Å². The van der Waals surface area contributed by atoms with Crippen molar-refractivity contribution in [2.75, 3.05) is 0 Å². The van der Waals surface area contributed by atoms with Crippen molar-refractivity contribution in [3.63, 3.8) is 0 Å². The molecule has 0 spiro atoms. The zero-order valence-corrected chi connectivity index (χ0v) is 13.1. The molecule has 1 aromatic rings. The van der Waals surface area contributed by atoms with Crippen molar-refractivity contribution in [3.05, 3.63) is 17.9 Å². The van der Waals surface area contributed by atoms with Gasteiger partial charge in [-0.3, -0.25) is 0 Å². The molecule has 0 atom stereocenters. The van der Waals surface area contributed by atoms with Gasteiger partial charge >= 0.3 is 0 Å². The van der Waals surface area contributed by atoms with Crippen molar-refractivity contribution in [1.29, 1.82) is 0 Å². The van der Waals surface area contributed by atoms with Crippen LogP contribution in [0.5, 0.6) is 0 Å². The van der Waals surface area contributed by atoms with E-state index in [-0.39, 0.29) is 5.09 Å². The lowest BCUT2D eigenvalue weighted by Crippen LogP contribution is -2.42. The molecule has 0 saturated heterocycles. The average Bonchev–Trinajstić information content (AvgIpc) is 2.74. The molecule has 110 valence electrons. The Bertz CT molecular complexity index is 504. The Morgan fingerprint density at radius 1 is 1.32 bits per heavy atom. The highest BCUT2D eigenvalue weighted by Gasteiger charge is 2.27. The summed E-state index contributed by atoms with van der Waals surface area (Å²) in [6, 6.07) is 3.50. The van der Waals surface area contributed by atoms with E-state index in [9.17, 15) is 8.42 Å². The third-order valence-corrected chi connectivity index (χ3v) is 4.45. The van der Waals surface area contributed by atoms with Crippen LogP contribution in [-0.4, -0.2) is 20.0 Å². The predicted octanol–water partition coefficient (Wildman–Crippen LogP) is 2.24. The van der Waals surface area contributed by atoms with Crippen LogP contribution in [0.25, 0.3) is 0 Å². The highest BCUT2D eigenvalue weighted by molar-refractivity contribution is 7.89. The fraction of sp³-hybridized carbons (Fsp3) is 0.692. The summed E-state index contributed by atoms with van der Waals surface area (Å²) in [7, 11) is -3.59. The Balaban J connectivity index is 2.80. The van der Waals surface area contributed by atoms with Crippen LogP contribution in [-0.2, 0) is 16.6 Å². The number of hydrogen-bond acceptors (Lipinski definition) is 4. The van der Waals surface area contributed by atoms with Crippen molar-refractivity contribution in [2.45, 2.75) is 64.3 Å². The molecule has 2 N–H and O–H groups in total. The largest absolute Gasteiger partial charge is 0.447 e. The van der Waals surface area contributed by atoms with Crippen molar-refractivity contribution in [2.24, 2.45) is 0 Å². The fourth-order valence-electron chi connectivity index (χ4n) is 1.39. The van der Waals surface area contributed by atoms with Gasteiger partial charge in [0.25, 0.3) is 10.0 Å². The fourth-order valence-corrected chi connectivity index (χ4v) is 2.82. The van der Waals surface area contributed by atoms with Crippen LogP contribution in [0, 0.1) is 0 Å². The summed E-state index contributed by atoms with van der Waals surface area (Å²) in [5.41, 5.74) is -0.484. The maximum absolute atomic E-state index is 12.1. The van der Waals surface area contributed by atoms with Crippen LogP contribution >= 0.6 is 0 Å². The van der Waals surface area contributed by atoms with E-state index in [0.717, 1.165) is 0 Å². The molecule has 0 bridgehead atoms. The molecule has 0 unspecified atom stereocenters. The van der Waals surface area contributed by atoms with Gasteiger partial charge in [0.15, 0.2) is 0 Å². The number of furan rings is 1. The lowest BCUT2D eigenvalue weighted by atomic mass is 10.0. The monoisotopic (exact) mass is 288 g/mol. The van der Waals surface area contributed by atoms with Gasteiger partial charge in [-0.05, 0) is 32.4 Å². The summed E-state index contributed by atoms with van der Waals surface area (Å²) in [6.07, 6.45) is 0.703. The van der Waals surface area contributed by atoms with Gasteiger partial charge in [-0.2, -0.15) is 0 Å². The molecule has 0 amide bonds. The van der Waals surface area contributed by atoms with Gasteiger partial charge in [-0.25, -0.2) is 13.1 Å². The quantitative estimate of drug-likeness (QED) is 0.807. The van der Waals surface area contributed by atoms with Gasteiger partial charge < -0.3 is 9.73 Å². The first-order valence-electron chi connectivity index (χ1n) is 6.52. The Labute approximate surface area is 115 Å². The van der Waals surface area contributed by atoms with E-state index in [2.05, 4.69) is 10.0 Å².